The van der Waals surface area contributed by atoms with E-state index in [1.54, 1.807) is 11.8 Å². The Labute approximate surface area is 125 Å². The molecule has 0 fully saturated rings. The number of aromatic amines is 1. The zero-order chi connectivity index (χ0) is 14.8. The Morgan fingerprint density at radius 3 is 2.62 bits per heavy atom. The number of hydrogen-bond acceptors (Lipinski definition) is 5. The second-order valence-corrected chi connectivity index (χ2v) is 4.81. The summed E-state index contributed by atoms with van der Waals surface area (Å²) in [6, 6.07) is 7.76. The molecule has 3 aromatic rings. The number of rotatable bonds is 4. The van der Waals surface area contributed by atoms with Crippen molar-refractivity contribution in [1.29, 1.82) is 0 Å². The molecule has 21 heavy (non-hydrogen) atoms. The standard InChI is InChI=1S/C13H13ClN6O/c1-8-15-13(11-12(14)17-19-16-11)20(18-8)7-9-3-5-10(21-2)6-4-9/h3-6H,7H2,1-2H3,(H,16,17,19). The van der Waals surface area contributed by atoms with E-state index in [0.29, 0.717) is 23.9 Å². The number of H-pyrrole nitrogens is 1. The molecule has 1 aromatic carbocycles. The lowest BCUT2D eigenvalue weighted by atomic mass is 10.2. The molecule has 7 nitrogen and oxygen atoms in total. The van der Waals surface area contributed by atoms with Gasteiger partial charge >= 0.3 is 0 Å². The molecule has 0 amide bonds. The van der Waals surface area contributed by atoms with Gasteiger partial charge in [-0.25, -0.2) is 9.67 Å². The zero-order valence-electron chi connectivity index (χ0n) is 11.5. The first-order chi connectivity index (χ1) is 10.2. The number of methoxy groups -OCH3 is 1. The van der Waals surface area contributed by atoms with Crippen LogP contribution in [0.1, 0.15) is 11.4 Å². The molecule has 0 aliphatic rings. The summed E-state index contributed by atoms with van der Waals surface area (Å²) in [4.78, 5) is 4.36. The van der Waals surface area contributed by atoms with Crippen LogP contribution in [-0.4, -0.2) is 37.3 Å². The first-order valence-corrected chi connectivity index (χ1v) is 6.66. The number of benzene rings is 1. The van der Waals surface area contributed by atoms with E-state index in [2.05, 4.69) is 25.5 Å². The van der Waals surface area contributed by atoms with Gasteiger partial charge in [-0.15, -0.1) is 5.10 Å². The summed E-state index contributed by atoms with van der Waals surface area (Å²) in [5, 5.41) is 15.0. The van der Waals surface area contributed by atoms with Gasteiger partial charge < -0.3 is 4.74 Å². The van der Waals surface area contributed by atoms with Crippen LogP contribution in [0.2, 0.25) is 5.15 Å². The molecule has 0 unspecified atom stereocenters. The topological polar surface area (TPSA) is 81.5 Å². The van der Waals surface area contributed by atoms with Crippen LogP contribution in [0.3, 0.4) is 0 Å². The molecule has 0 aliphatic carbocycles. The lowest BCUT2D eigenvalue weighted by Crippen LogP contribution is -2.04. The van der Waals surface area contributed by atoms with E-state index in [1.807, 2.05) is 31.2 Å². The first kappa shape index (κ1) is 13.6. The monoisotopic (exact) mass is 304 g/mol. The quantitative estimate of drug-likeness (QED) is 0.798. The number of nitrogens with zero attached hydrogens (tertiary/aromatic N) is 5. The van der Waals surface area contributed by atoms with Gasteiger partial charge in [0, 0.05) is 0 Å². The molecular weight excluding hydrogens is 292 g/mol. The van der Waals surface area contributed by atoms with Gasteiger partial charge in [-0.1, -0.05) is 23.7 Å². The minimum atomic E-state index is 0.276. The molecule has 0 bridgehead atoms. The van der Waals surface area contributed by atoms with Crippen molar-refractivity contribution in [3.63, 3.8) is 0 Å². The Hall–Kier alpha value is -2.41. The fraction of sp³-hybridized carbons (Fsp3) is 0.231. The molecule has 0 saturated carbocycles. The van der Waals surface area contributed by atoms with Crippen molar-refractivity contribution in [3.8, 4) is 17.3 Å². The molecule has 1 N–H and O–H groups in total. The number of nitrogens with one attached hydrogen (secondary N) is 1. The third-order valence-electron chi connectivity index (χ3n) is 2.99. The van der Waals surface area contributed by atoms with Crippen LogP contribution in [0.4, 0.5) is 0 Å². The largest absolute Gasteiger partial charge is 0.497 e. The van der Waals surface area contributed by atoms with E-state index in [4.69, 9.17) is 16.3 Å². The Morgan fingerprint density at radius 2 is 2.00 bits per heavy atom. The summed E-state index contributed by atoms with van der Waals surface area (Å²) in [6.07, 6.45) is 0. The van der Waals surface area contributed by atoms with Crippen LogP contribution >= 0.6 is 11.6 Å². The van der Waals surface area contributed by atoms with Crippen molar-refractivity contribution in [2.24, 2.45) is 0 Å². The van der Waals surface area contributed by atoms with Crippen LogP contribution in [0.15, 0.2) is 24.3 Å². The van der Waals surface area contributed by atoms with Crippen LogP contribution in [0, 0.1) is 6.92 Å². The Morgan fingerprint density at radius 1 is 1.24 bits per heavy atom. The Balaban J connectivity index is 1.93. The molecule has 3 rings (SSSR count). The van der Waals surface area contributed by atoms with E-state index < -0.39 is 0 Å². The maximum Gasteiger partial charge on any atom is 0.182 e. The number of halogens is 1. The van der Waals surface area contributed by atoms with Gasteiger partial charge in [0.25, 0.3) is 0 Å². The van der Waals surface area contributed by atoms with Crippen molar-refractivity contribution >= 4 is 11.6 Å². The maximum atomic E-state index is 6.00. The molecule has 0 atom stereocenters. The molecule has 0 spiro atoms. The molecule has 0 aliphatic heterocycles. The maximum absolute atomic E-state index is 6.00. The summed E-state index contributed by atoms with van der Waals surface area (Å²) in [6.45, 7) is 2.38. The Kier molecular flexibility index (Phi) is 3.57. The van der Waals surface area contributed by atoms with Gasteiger partial charge in [-0.05, 0) is 24.6 Å². The summed E-state index contributed by atoms with van der Waals surface area (Å²) in [5.41, 5.74) is 1.56. The summed E-state index contributed by atoms with van der Waals surface area (Å²) < 4.78 is 6.90. The number of ether oxygens (including phenoxy) is 1. The fourth-order valence-corrected chi connectivity index (χ4v) is 2.17. The number of hydrogen-bond donors (Lipinski definition) is 1. The highest BCUT2D eigenvalue weighted by Gasteiger charge is 2.17. The normalized spacial score (nSPS) is 10.8. The van der Waals surface area contributed by atoms with E-state index in [-0.39, 0.29) is 5.15 Å². The van der Waals surface area contributed by atoms with Crippen molar-refractivity contribution < 1.29 is 4.74 Å². The summed E-state index contributed by atoms with van der Waals surface area (Å²) in [7, 11) is 1.64. The van der Waals surface area contributed by atoms with Crippen LogP contribution in [-0.2, 0) is 6.54 Å². The zero-order valence-corrected chi connectivity index (χ0v) is 12.3. The first-order valence-electron chi connectivity index (χ1n) is 6.28. The molecule has 8 heteroatoms. The Bertz CT molecular complexity index is 748. The number of aromatic nitrogens is 6. The van der Waals surface area contributed by atoms with E-state index in [1.165, 1.54) is 0 Å². The highest BCUT2D eigenvalue weighted by molar-refractivity contribution is 6.31. The second kappa shape index (κ2) is 5.53. The average molecular weight is 305 g/mol. The average Bonchev–Trinajstić information content (AvgIpc) is 3.05. The van der Waals surface area contributed by atoms with Crippen molar-refractivity contribution in [2.45, 2.75) is 13.5 Å². The summed E-state index contributed by atoms with van der Waals surface area (Å²) in [5.74, 6) is 2.05. The molecule has 0 saturated heterocycles. The van der Waals surface area contributed by atoms with Gasteiger partial charge in [0.1, 0.15) is 11.6 Å². The molecule has 0 radical (unpaired) electrons. The van der Waals surface area contributed by atoms with E-state index in [9.17, 15) is 0 Å². The lowest BCUT2D eigenvalue weighted by molar-refractivity contribution is 0.414. The van der Waals surface area contributed by atoms with Crippen LogP contribution in [0.5, 0.6) is 5.75 Å². The number of aryl methyl sites for hydroxylation is 1. The second-order valence-electron chi connectivity index (χ2n) is 4.45. The van der Waals surface area contributed by atoms with Gasteiger partial charge in [0.2, 0.25) is 0 Å². The van der Waals surface area contributed by atoms with E-state index >= 15 is 0 Å². The molecule has 2 heterocycles. The minimum absolute atomic E-state index is 0.276. The minimum Gasteiger partial charge on any atom is -0.497 e. The van der Waals surface area contributed by atoms with Crippen molar-refractivity contribution in [1.82, 2.24) is 30.2 Å². The van der Waals surface area contributed by atoms with Gasteiger partial charge in [0.15, 0.2) is 16.7 Å². The van der Waals surface area contributed by atoms with Gasteiger partial charge in [0.05, 0.1) is 13.7 Å². The third kappa shape index (κ3) is 2.73. The van der Waals surface area contributed by atoms with E-state index in [0.717, 1.165) is 11.3 Å². The molecule has 2 aromatic heterocycles. The van der Waals surface area contributed by atoms with Gasteiger partial charge in [-0.2, -0.15) is 15.4 Å². The van der Waals surface area contributed by atoms with Crippen LogP contribution in [0.25, 0.3) is 11.5 Å². The fourth-order valence-electron chi connectivity index (χ4n) is 2.00. The smallest absolute Gasteiger partial charge is 0.182 e. The molecular formula is C13H13ClN6O. The van der Waals surface area contributed by atoms with Crippen molar-refractivity contribution in [2.75, 3.05) is 7.11 Å². The summed E-state index contributed by atoms with van der Waals surface area (Å²) >= 11 is 6.00. The lowest BCUT2D eigenvalue weighted by Gasteiger charge is -2.05. The third-order valence-corrected chi connectivity index (χ3v) is 3.25. The van der Waals surface area contributed by atoms with Gasteiger partial charge in [-0.3, -0.25) is 0 Å². The van der Waals surface area contributed by atoms with Crippen molar-refractivity contribution in [3.05, 3.63) is 40.8 Å². The molecule has 108 valence electrons. The predicted molar refractivity (Wildman–Crippen MR) is 77.2 cm³/mol. The highest BCUT2D eigenvalue weighted by atomic mass is 35.5. The SMILES string of the molecule is COc1ccc(Cn2nc(C)nc2-c2n[nH]nc2Cl)cc1. The van der Waals surface area contributed by atoms with Crippen LogP contribution < -0.4 is 4.74 Å². The predicted octanol–water partition coefficient (Wildman–Crippen LogP) is 2.08. The highest BCUT2D eigenvalue weighted by Crippen LogP contribution is 2.22.